The minimum Gasteiger partial charge on any atom is -0.455 e. The number of hydrogen-bond acceptors (Lipinski definition) is 7. The number of carbonyl (C=O) groups excluding carboxylic acids is 1. The molecule has 3 rings (SSSR count). The fraction of sp³-hybridized carbons (Fsp3) is 0.312. The molecule has 0 aliphatic carbocycles. The lowest BCUT2D eigenvalue weighted by Crippen LogP contribution is -2.55. The van der Waals surface area contributed by atoms with Crippen LogP contribution in [-0.4, -0.2) is 54.2 Å². The van der Waals surface area contributed by atoms with E-state index >= 15 is 0 Å². The van der Waals surface area contributed by atoms with Gasteiger partial charge in [-0.05, 0) is 6.07 Å². The number of aromatic nitrogens is 2. The average molecular weight is 344 g/mol. The van der Waals surface area contributed by atoms with Crippen molar-refractivity contribution in [1.82, 2.24) is 14.9 Å². The Morgan fingerprint density at radius 2 is 2.12 bits per heavy atom. The molecule has 9 nitrogen and oxygen atoms in total. The van der Waals surface area contributed by atoms with E-state index in [1.807, 2.05) is 0 Å². The molecule has 1 aliphatic rings. The van der Waals surface area contributed by atoms with Gasteiger partial charge in [0.25, 0.3) is 0 Å². The van der Waals surface area contributed by atoms with Crippen LogP contribution < -0.4 is 21.1 Å². The predicted molar refractivity (Wildman–Crippen MR) is 93.9 cm³/mol. The van der Waals surface area contributed by atoms with E-state index in [1.54, 1.807) is 43.5 Å². The highest BCUT2D eigenvalue weighted by molar-refractivity contribution is 5.89. The Bertz CT molecular complexity index is 763. The van der Waals surface area contributed by atoms with E-state index in [1.165, 1.54) is 6.20 Å². The van der Waals surface area contributed by atoms with E-state index in [4.69, 9.17) is 15.2 Å². The second-order valence-electron chi connectivity index (χ2n) is 5.53. The smallest absolute Gasteiger partial charge is 0.323 e. The predicted octanol–water partition coefficient (Wildman–Crippen LogP) is 1.76. The summed E-state index contributed by atoms with van der Waals surface area (Å²) in [6.45, 7) is 1.14. The number of urea groups is 1. The molecule has 1 aliphatic heterocycles. The molecular formula is C16H20N6O3. The quantitative estimate of drug-likeness (QED) is 0.757. The van der Waals surface area contributed by atoms with Gasteiger partial charge in [0.1, 0.15) is 23.1 Å². The summed E-state index contributed by atoms with van der Waals surface area (Å²) in [5.74, 6) is 1.84. The Morgan fingerprint density at radius 3 is 2.84 bits per heavy atom. The normalized spacial score (nSPS) is 13.9. The minimum atomic E-state index is -0.218. The molecule has 0 saturated carbocycles. The van der Waals surface area contributed by atoms with E-state index in [9.17, 15) is 4.79 Å². The number of nitrogens with two attached hydrogens (primary N) is 1. The standard InChI is InChI=1S/C16H20N6O3/c1-18-13-5-11(7-20-15(13)17)25-10-3-4-19-14(6-10)21-16(23)22-8-12(9-22)24-2/h3-7,12,18H,8-9H2,1-2H3,(H2,17,20)(H,19,21,23). The molecule has 25 heavy (non-hydrogen) atoms. The Morgan fingerprint density at radius 1 is 1.32 bits per heavy atom. The van der Waals surface area contributed by atoms with Crippen LogP contribution >= 0.6 is 0 Å². The van der Waals surface area contributed by atoms with Crippen LogP contribution in [-0.2, 0) is 4.74 Å². The lowest BCUT2D eigenvalue weighted by molar-refractivity contribution is -0.00467. The van der Waals surface area contributed by atoms with Crippen molar-refractivity contribution in [2.24, 2.45) is 0 Å². The largest absolute Gasteiger partial charge is 0.455 e. The molecule has 2 aromatic rings. The first kappa shape index (κ1) is 16.8. The molecule has 0 atom stereocenters. The fourth-order valence-corrected chi connectivity index (χ4v) is 2.33. The van der Waals surface area contributed by atoms with Crippen molar-refractivity contribution in [1.29, 1.82) is 0 Å². The van der Waals surface area contributed by atoms with Gasteiger partial charge in [0.15, 0.2) is 0 Å². The van der Waals surface area contributed by atoms with Gasteiger partial charge in [-0.25, -0.2) is 14.8 Å². The molecular weight excluding hydrogens is 324 g/mol. The first-order chi connectivity index (χ1) is 12.1. The fourth-order valence-electron chi connectivity index (χ4n) is 2.33. The second-order valence-corrected chi connectivity index (χ2v) is 5.53. The van der Waals surface area contributed by atoms with Gasteiger partial charge in [-0.15, -0.1) is 0 Å². The van der Waals surface area contributed by atoms with Crippen LogP contribution in [0.3, 0.4) is 0 Å². The highest BCUT2D eigenvalue weighted by Gasteiger charge is 2.30. The van der Waals surface area contributed by atoms with Gasteiger partial charge in [0.2, 0.25) is 0 Å². The first-order valence-corrected chi connectivity index (χ1v) is 7.75. The number of ether oxygens (including phenoxy) is 2. The molecule has 132 valence electrons. The molecule has 2 aromatic heterocycles. The molecule has 9 heteroatoms. The molecule has 0 bridgehead atoms. The summed E-state index contributed by atoms with van der Waals surface area (Å²) in [6, 6.07) is 4.85. The molecule has 0 radical (unpaired) electrons. The number of rotatable bonds is 5. The van der Waals surface area contributed by atoms with E-state index in [0.717, 1.165) is 0 Å². The van der Waals surface area contributed by atoms with E-state index in [2.05, 4.69) is 20.6 Å². The topological polar surface area (TPSA) is 115 Å². The van der Waals surface area contributed by atoms with Gasteiger partial charge in [-0.3, -0.25) is 5.32 Å². The summed E-state index contributed by atoms with van der Waals surface area (Å²) < 4.78 is 10.9. The second kappa shape index (κ2) is 7.22. The summed E-state index contributed by atoms with van der Waals surface area (Å²) in [4.78, 5) is 21.9. The number of hydrogen-bond donors (Lipinski definition) is 3. The monoisotopic (exact) mass is 344 g/mol. The van der Waals surface area contributed by atoms with Gasteiger partial charge < -0.3 is 25.4 Å². The van der Waals surface area contributed by atoms with Gasteiger partial charge in [0, 0.05) is 32.5 Å². The summed E-state index contributed by atoms with van der Waals surface area (Å²) >= 11 is 0. The lowest BCUT2D eigenvalue weighted by Gasteiger charge is -2.37. The Labute approximate surface area is 145 Å². The molecule has 3 heterocycles. The van der Waals surface area contributed by atoms with Crippen molar-refractivity contribution >= 4 is 23.4 Å². The summed E-state index contributed by atoms with van der Waals surface area (Å²) in [7, 11) is 3.38. The van der Waals surface area contributed by atoms with Crippen molar-refractivity contribution in [2.45, 2.75) is 6.10 Å². The number of carbonyl (C=O) groups is 1. The molecule has 0 spiro atoms. The third-order valence-corrected chi connectivity index (χ3v) is 3.83. The molecule has 1 fully saturated rings. The van der Waals surface area contributed by atoms with Crippen molar-refractivity contribution in [3.05, 3.63) is 30.6 Å². The first-order valence-electron chi connectivity index (χ1n) is 7.75. The van der Waals surface area contributed by atoms with Crippen LogP contribution in [0.2, 0.25) is 0 Å². The Kier molecular flexibility index (Phi) is 4.85. The van der Waals surface area contributed by atoms with Crippen molar-refractivity contribution in [3.63, 3.8) is 0 Å². The van der Waals surface area contributed by atoms with Crippen LogP contribution in [0.1, 0.15) is 0 Å². The molecule has 0 aromatic carbocycles. The van der Waals surface area contributed by atoms with E-state index in [-0.39, 0.29) is 12.1 Å². The number of amides is 2. The zero-order chi connectivity index (χ0) is 17.8. The zero-order valence-electron chi connectivity index (χ0n) is 14.0. The number of likely N-dealkylation sites (tertiary alicyclic amines) is 1. The van der Waals surface area contributed by atoms with Crippen molar-refractivity contribution in [2.75, 3.05) is 43.6 Å². The number of nitrogen functional groups attached to an aromatic ring is 1. The minimum absolute atomic E-state index is 0.104. The SMILES string of the molecule is CNc1cc(Oc2ccnc(NC(=O)N3CC(OC)C3)c2)cnc1N. The Balaban J connectivity index is 1.64. The lowest BCUT2D eigenvalue weighted by atomic mass is 10.2. The summed E-state index contributed by atoms with van der Waals surface area (Å²) in [5.41, 5.74) is 6.41. The highest BCUT2D eigenvalue weighted by atomic mass is 16.5. The maximum atomic E-state index is 12.1. The van der Waals surface area contributed by atoms with Crippen LogP contribution in [0.25, 0.3) is 0 Å². The molecule has 0 unspecified atom stereocenters. The third kappa shape index (κ3) is 3.89. The van der Waals surface area contributed by atoms with Gasteiger partial charge in [0.05, 0.1) is 31.1 Å². The van der Waals surface area contributed by atoms with Crippen molar-refractivity contribution < 1.29 is 14.3 Å². The zero-order valence-corrected chi connectivity index (χ0v) is 14.0. The van der Waals surface area contributed by atoms with Crippen LogP contribution in [0, 0.1) is 0 Å². The number of nitrogens with one attached hydrogen (secondary N) is 2. The van der Waals surface area contributed by atoms with Crippen LogP contribution in [0.15, 0.2) is 30.6 Å². The maximum absolute atomic E-state index is 12.1. The number of anilines is 3. The number of nitrogens with zero attached hydrogens (tertiary/aromatic N) is 3. The number of methoxy groups -OCH3 is 1. The Hall–Kier alpha value is -3.07. The maximum Gasteiger partial charge on any atom is 0.323 e. The average Bonchev–Trinajstić information content (AvgIpc) is 2.56. The molecule has 4 N–H and O–H groups in total. The molecule has 2 amide bonds. The van der Waals surface area contributed by atoms with Crippen LogP contribution in [0.5, 0.6) is 11.5 Å². The van der Waals surface area contributed by atoms with Gasteiger partial charge in [-0.2, -0.15) is 0 Å². The van der Waals surface area contributed by atoms with E-state index in [0.29, 0.717) is 41.9 Å². The summed E-state index contributed by atoms with van der Waals surface area (Å²) in [5, 5.41) is 5.68. The third-order valence-electron chi connectivity index (χ3n) is 3.83. The summed E-state index contributed by atoms with van der Waals surface area (Å²) in [6.07, 6.45) is 3.19. The van der Waals surface area contributed by atoms with E-state index < -0.39 is 0 Å². The molecule has 1 saturated heterocycles. The van der Waals surface area contributed by atoms with Crippen LogP contribution in [0.4, 0.5) is 22.1 Å². The van der Waals surface area contributed by atoms with Gasteiger partial charge >= 0.3 is 6.03 Å². The van der Waals surface area contributed by atoms with Crippen molar-refractivity contribution in [3.8, 4) is 11.5 Å². The van der Waals surface area contributed by atoms with Gasteiger partial charge in [-0.1, -0.05) is 0 Å². The highest BCUT2D eigenvalue weighted by Crippen LogP contribution is 2.27. The number of pyridine rings is 2.